The van der Waals surface area contributed by atoms with Crippen LogP contribution >= 0.6 is 11.6 Å². The van der Waals surface area contributed by atoms with Crippen LogP contribution in [0.25, 0.3) is 0 Å². The molecule has 0 spiro atoms. The van der Waals surface area contributed by atoms with Gasteiger partial charge in [-0.1, -0.05) is 17.7 Å². The number of quaternary nitrogens is 1. The summed E-state index contributed by atoms with van der Waals surface area (Å²) >= 11 is 5.88. The van der Waals surface area contributed by atoms with Gasteiger partial charge in [-0.15, -0.1) is 0 Å². The number of halogens is 1. The molecule has 0 amide bonds. The largest absolute Gasteiger partial charge is 0.338 e. The Morgan fingerprint density at radius 2 is 2.00 bits per heavy atom. The van der Waals surface area contributed by atoms with Gasteiger partial charge in [0.2, 0.25) is 6.67 Å². The van der Waals surface area contributed by atoms with Crippen LogP contribution in [0.2, 0.25) is 5.02 Å². The summed E-state index contributed by atoms with van der Waals surface area (Å²) in [5.41, 5.74) is 1.65. The Labute approximate surface area is 110 Å². The van der Waals surface area contributed by atoms with Crippen molar-refractivity contribution < 1.29 is 5.21 Å². The van der Waals surface area contributed by atoms with Crippen LogP contribution in [0.1, 0.15) is 0 Å². The van der Waals surface area contributed by atoms with Crippen LogP contribution in [0.5, 0.6) is 0 Å². The Bertz CT molecular complexity index is 550. The van der Waals surface area contributed by atoms with E-state index in [1.807, 2.05) is 42.8 Å². The molecule has 1 aromatic carbocycles. The van der Waals surface area contributed by atoms with Crippen LogP contribution in [-0.2, 0) is 0 Å². The third kappa shape index (κ3) is 1.71. The number of nitrogens with zero attached hydrogens (tertiary/aromatic N) is 2. The van der Waals surface area contributed by atoms with Crippen molar-refractivity contribution in [3.05, 3.63) is 65.6 Å². The first-order chi connectivity index (χ1) is 8.70. The van der Waals surface area contributed by atoms with Gasteiger partial charge < -0.3 is 5.32 Å². The lowest BCUT2D eigenvalue weighted by Crippen LogP contribution is -2.62. The minimum absolute atomic E-state index is 0.343. The molecule has 0 fully saturated rings. The average Bonchev–Trinajstić information content (AvgIpc) is 2.40. The molecule has 92 valence electrons. The van der Waals surface area contributed by atoms with Crippen LogP contribution in [0.4, 0.5) is 5.69 Å². The van der Waals surface area contributed by atoms with Crippen LogP contribution < -0.4 is 10.1 Å². The second-order valence-electron chi connectivity index (χ2n) is 4.18. The van der Waals surface area contributed by atoms with E-state index in [9.17, 15) is 5.21 Å². The van der Waals surface area contributed by atoms with Crippen LogP contribution in [0.15, 0.2) is 60.6 Å². The van der Waals surface area contributed by atoms with E-state index in [2.05, 4.69) is 5.32 Å². The number of allylic oxidation sites excluding steroid dienone is 3. The molecule has 0 aromatic heterocycles. The van der Waals surface area contributed by atoms with Crippen molar-refractivity contribution >= 4 is 17.3 Å². The maximum Gasteiger partial charge on any atom is 0.212 e. The Kier molecular flexibility index (Phi) is 2.63. The second-order valence-corrected chi connectivity index (χ2v) is 4.62. The minimum Gasteiger partial charge on any atom is -0.338 e. The number of benzene rings is 1. The van der Waals surface area contributed by atoms with Gasteiger partial charge in [0, 0.05) is 23.4 Å². The molecular weight excluding hydrogens is 250 g/mol. The third-order valence-corrected chi connectivity index (χ3v) is 3.28. The van der Waals surface area contributed by atoms with Gasteiger partial charge in [0.1, 0.15) is 5.70 Å². The number of nitrogens with one attached hydrogen (secondary N) is 1. The fourth-order valence-electron chi connectivity index (χ4n) is 2.11. The lowest BCUT2D eigenvalue weighted by Gasteiger charge is -2.41. The summed E-state index contributed by atoms with van der Waals surface area (Å²) in [6, 6.07) is 7.18. The number of hydrogen-bond donors (Lipinski definition) is 2. The summed E-state index contributed by atoms with van der Waals surface area (Å²) in [6.45, 7) is 0.364. The molecule has 2 heterocycles. The first-order valence-corrected chi connectivity index (χ1v) is 6.03. The van der Waals surface area contributed by atoms with Crippen molar-refractivity contribution in [1.82, 2.24) is 15.1 Å². The lowest BCUT2D eigenvalue weighted by atomic mass is 10.2. The zero-order chi connectivity index (χ0) is 12.6. The molecular formula is C13H13ClN3O+. The summed E-state index contributed by atoms with van der Waals surface area (Å²) in [6.07, 6.45) is 9.48. The molecule has 4 nitrogen and oxygen atoms in total. The zero-order valence-corrected chi connectivity index (χ0v) is 10.4. The summed E-state index contributed by atoms with van der Waals surface area (Å²) < 4.78 is -0.343. The molecule has 3 rings (SSSR count). The fraction of sp³-hybridized carbons (Fsp3) is 0.0769. The highest BCUT2D eigenvalue weighted by atomic mass is 35.5. The Morgan fingerprint density at radius 1 is 1.22 bits per heavy atom. The second kappa shape index (κ2) is 4.17. The summed E-state index contributed by atoms with van der Waals surface area (Å²) in [5.74, 6) is 0. The van der Waals surface area contributed by atoms with E-state index in [4.69, 9.17) is 11.6 Å². The fourth-order valence-corrected chi connectivity index (χ4v) is 2.24. The molecule has 0 saturated carbocycles. The SMILES string of the molecule is O[N+]1(c2ccc(Cl)cc2)CNC=C2C=CC=CN21. The van der Waals surface area contributed by atoms with E-state index in [1.54, 1.807) is 17.1 Å². The highest BCUT2D eigenvalue weighted by Crippen LogP contribution is 2.30. The van der Waals surface area contributed by atoms with Gasteiger partial charge >= 0.3 is 0 Å². The third-order valence-electron chi connectivity index (χ3n) is 3.03. The number of hydroxylamine groups is 1. The highest BCUT2D eigenvalue weighted by molar-refractivity contribution is 6.30. The summed E-state index contributed by atoms with van der Waals surface area (Å²) in [7, 11) is 0. The molecule has 1 aromatic rings. The predicted molar refractivity (Wildman–Crippen MR) is 71.2 cm³/mol. The monoisotopic (exact) mass is 262 g/mol. The zero-order valence-electron chi connectivity index (χ0n) is 9.62. The van der Waals surface area contributed by atoms with E-state index in [0.29, 0.717) is 11.7 Å². The van der Waals surface area contributed by atoms with E-state index >= 15 is 0 Å². The first kappa shape index (κ1) is 11.3. The normalized spacial score (nSPS) is 25.4. The predicted octanol–water partition coefficient (Wildman–Crippen LogP) is 2.74. The molecule has 0 aliphatic carbocycles. The first-order valence-electron chi connectivity index (χ1n) is 5.65. The van der Waals surface area contributed by atoms with E-state index < -0.39 is 0 Å². The molecule has 18 heavy (non-hydrogen) atoms. The van der Waals surface area contributed by atoms with Gasteiger partial charge in [0.15, 0.2) is 5.69 Å². The van der Waals surface area contributed by atoms with E-state index in [1.165, 1.54) is 0 Å². The average molecular weight is 263 g/mol. The van der Waals surface area contributed by atoms with E-state index in [0.717, 1.165) is 11.4 Å². The Balaban J connectivity index is 2.04. The molecule has 0 radical (unpaired) electrons. The summed E-state index contributed by atoms with van der Waals surface area (Å²) in [5, 5.41) is 16.4. The van der Waals surface area contributed by atoms with Crippen LogP contribution in [0.3, 0.4) is 0 Å². The minimum atomic E-state index is -0.343. The standard InChI is InChI=1S/C13H13ClN3O/c14-11-4-6-13(7-5-11)17(18)10-15-9-12-3-1-2-8-16(12)17/h1-9,15,18H,10H2/q+1. The van der Waals surface area contributed by atoms with Crippen molar-refractivity contribution in [2.45, 2.75) is 0 Å². The molecule has 2 aliphatic rings. The van der Waals surface area contributed by atoms with E-state index in [-0.39, 0.29) is 4.76 Å². The lowest BCUT2D eigenvalue weighted by molar-refractivity contribution is -0.202. The molecule has 5 heteroatoms. The highest BCUT2D eigenvalue weighted by Gasteiger charge is 2.39. The number of fused-ring (bicyclic) bond motifs is 1. The molecule has 0 saturated heterocycles. The Morgan fingerprint density at radius 3 is 2.78 bits per heavy atom. The van der Waals surface area contributed by atoms with Gasteiger partial charge in [-0.2, -0.15) is 10.2 Å². The topological polar surface area (TPSA) is 35.5 Å². The van der Waals surface area contributed by atoms with Gasteiger partial charge in [-0.3, -0.25) is 0 Å². The Hall–Kier alpha value is -1.75. The van der Waals surface area contributed by atoms with Gasteiger partial charge in [0.05, 0.1) is 6.20 Å². The molecule has 1 unspecified atom stereocenters. The molecule has 1 atom stereocenters. The van der Waals surface area contributed by atoms with Crippen molar-refractivity contribution in [3.63, 3.8) is 0 Å². The van der Waals surface area contributed by atoms with Crippen molar-refractivity contribution in [1.29, 1.82) is 0 Å². The number of hydrogen-bond acceptors (Lipinski definition) is 3. The maximum absolute atomic E-state index is 10.9. The van der Waals surface area contributed by atoms with Gasteiger partial charge in [-0.25, -0.2) is 0 Å². The molecule has 0 bridgehead atoms. The smallest absolute Gasteiger partial charge is 0.212 e. The quantitative estimate of drug-likeness (QED) is 0.764. The molecule has 2 aliphatic heterocycles. The van der Waals surface area contributed by atoms with Crippen LogP contribution in [0, 0.1) is 0 Å². The van der Waals surface area contributed by atoms with Crippen molar-refractivity contribution in [3.8, 4) is 0 Å². The van der Waals surface area contributed by atoms with Crippen molar-refractivity contribution in [2.24, 2.45) is 0 Å². The number of rotatable bonds is 1. The molecule has 2 N–H and O–H groups in total. The van der Waals surface area contributed by atoms with Crippen molar-refractivity contribution in [2.75, 3.05) is 6.67 Å². The van der Waals surface area contributed by atoms with Crippen LogP contribution in [-0.4, -0.2) is 16.9 Å². The summed E-state index contributed by atoms with van der Waals surface area (Å²) in [4.78, 5) is 0. The van der Waals surface area contributed by atoms with Gasteiger partial charge in [-0.05, 0) is 29.0 Å². The van der Waals surface area contributed by atoms with Gasteiger partial charge in [0.25, 0.3) is 0 Å². The maximum atomic E-state index is 10.9.